The van der Waals surface area contributed by atoms with E-state index in [1.54, 1.807) is 0 Å². The summed E-state index contributed by atoms with van der Waals surface area (Å²) in [7, 11) is 0. The summed E-state index contributed by atoms with van der Waals surface area (Å²) in [5.41, 5.74) is 0. The van der Waals surface area contributed by atoms with Gasteiger partial charge in [0.2, 0.25) is 0 Å². The third kappa shape index (κ3) is 6.23. The van der Waals surface area contributed by atoms with Gasteiger partial charge in [0.05, 0.1) is 0 Å². The van der Waals surface area contributed by atoms with E-state index in [2.05, 4.69) is 37.9 Å². The molecule has 1 rings (SSSR count). The van der Waals surface area contributed by atoms with Crippen molar-refractivity contribution in [2.75, 3.05) is 19.6 Å². The Hall–Kier alpha value is -0.610. The number of nitrogens with zero attached hydrogens (tertiary/aromatic N) is 1. The maximum Gasteiger partial charge on any atom is 0.303 e. The highest BCUT2D eigenvalue weighted by atomic mass is 16.4. The summed E-state index contributed by atoms with van der Waals surface area (Å²) in [6.45, 7) is 12.0. The van der Waals surface area contributed by atoms with Crippen molar-refractivity contribution in [2.45, 2.75) is 65.5 Å². The van der Waals surface area contributed by atoms with E-state index in [9.17, 15) is 4.79 Å². The molecule has 0 aromatic rings. The van der Waals surface area contributed by atoms with E-state index >= 15 is 0 Å². The first-order chi connectivity index (χ1) is 9.42. The van der Waals surface area contributed by atoms with Crippen molar-refractivity contribution in [3.63, 3.8) is 0 Å². The van der Waals surface area contributed by atoms with Gasteiger partial charge in [-0.1, -0.05) is 20.8 Å². The van der Waals surface area contributed by atoms with Crippen LogP contribution in [0.2, 0.25) is 0 Å². The molecule has 0 aromatic carbocycles. The van der Waals surface area contributed by atoms with Crippen molar-refractivity contribution in [1.82, 2.24) is 10.2 Å². The molecule has 0 saturated carbocycles. The second kappa shape index (κ2) is 8.63. The Morgan fingerprint density at radius 1 is 1.35 bits per heavy atom. The van der Waals surface area contributed by atoms with Gasteiger partial charge in [-0.3, -0.25) is 9.69 Å². The third-order valence-corrected chi connectivity index (χ3v) is 4.40. The molecule has 1 saturated heterocycles. The van der Waals surface area contributed by atoms with Gasteiger partial charge in [-0.15, -0.1) is 0 Å². The lowest BCUT2D eigenvalue weighted by Crippen LogP contribution is -2.52. The number of rotatable bonds is 8. The molecule has 0 aliphatic carbocycles. The lowest BCUT2D eigenvalue weighted by molar-refractivity contribution is -0.138. The van der Waals surface area contributed by atoms with Gasteiger partial charge in [-0.2, -0.15) is 0 Å². The smallest absolute Gasteiger partial charge is 0.303 e. The number of carboxylic acid groups (broad SMARTS) is 1. The van der Waals surface area contributed by atoms with Crippen LogP contribution in [0, 0.1) is 11.8 Å². The lowest BCUT2D eigenvalue weighted by Gasteiger charge is -2.41. The quantitative estimate of drug-likeness (QED) is 0.719. The van der Waals surface area contributed by atoms with Crippen LogP contribution < -0.4 is 5.32 Å². The van der Waals surface area contributed by atoms with Crippen LogP contribution in [0.1, 0.15) is 53.4 Å². The molecule has 1 heterocycles. The fourth-order valence-electron chi connectivity index (χ4n) is 2.98. The Morgan fingerprint density at radius 3 is 2.60 bits per heavy atom. The van der Waals surface area contributed by atoms with Gasteiger partial charge in [0.25, 0.3) is 0 Å². The summed E-state index contributed by atoms with van der Waals surface area (Å²) in [5.74, 6) is 0.334. The lowest BCUT2D eigenvalue weighted by atomic mass is 9.90. The molecule has 0 radical (unpaired) electrons. The molecule has 20 heavy (non-hydrogen) atoms. The van der Waals surface area contributed by atoms with E-state index in [4.69, 9.17) is 5.11 Å². The molecule has 3 atom stereocenters. The maximum absolute atomic E-state index is 11.0. The monoisotopic (exact) mass is 284 g/mol. The first kappa shape index (κ1) is 17.4. The van der Waals surface area contributed by atoms with Crippen molar-refractivity contribution < 1.29 is 9.90 Å². The van der Waals surface area contributed by atoms with Crippen LogP contribution in [0.4, 0.5) is 0 Å². The molecule has 1 aliphatic heterocycles. The molecule has 4 heteroatoms. The summed E-state index contributed by atoms with van der Waals surface area (Å²) >= 11 is 0. The number of likely N-dealkylation sites (tertiary alicyclic amines) is 1. The van der Waals surface area contributed by atoms with Gasteiger partial charge in [-0.05, 0) is 44.6 Å². The Kier molecular flexibility index (Phi) is 7.52. The molecule has 4 nitrogen and oxygen atoms in total. The van der Waals surface area contributed by atoms with Crippen molar-refractivity contribution in [3.8, 4) is 0 Å². The predicted octanol–water partition coefficient (Wildman–Crippen LogP) is 2.59. The standard InChI is InChI=1S/C16H32N2O2/c1-5-13(4)18-10-14(9-16(19)20)8-15(11-18)17-7-6-12(2)3/h12-15,17H,5-11H2,1-4H3,(H,19,20). The van der Waals surface area contributed by atoms with Gasteiger partial charge < -0.3 is 10.4 Å². The predicted molar refractivity (Wildman–Crippen MR) is 82.9 cm³/mol. The highest BCUT2D eigenvalue weighted by Crippen LogP contribution is 2.22. The Bertz CT molecular complexity index is 294. The van der Waals surface area contributed by atoms with Crippen LogP contribution in [-0.2, 0) is 4.79 Å². The molecule has 0 bridgehead atoms. The summed E-state index contributed by atoms with van der Waals surface area (Å²) < 4.78 is 0. The summed E-state index contributed by atoms with van der Waals surface area (Å²) in [5, 5.41) is 12.7. The molecule has 0 spiro atoms. The van der Waals surface area contributed by atoms with Crippen LogP contribution in [0.15, 0.2) is 0 Å². The minimum absolute atomic E-state index is 0.284. The molecular formula is C16H32N2O2. The van der Waals surface area contributed by atoms with Crippen LogP contribution in [0.5, 0.6) is 0 Å². The average molecular weight is 284 g/mol. The van der Waals surface area contributed by atoms with Crippen molar-refractivity contribution in [3.05, 3.63) is 0 Å². The molecule has 2 N–H and O–H groups in total. The van der Waals surface area contributed by atoms with Crippen molar-refractivity contribution in [1.29, 1.82) is 0 Å². The average Bonchev–Trinajstić information content (AvgIpc) is 2.36. The van der Waals surface area contributed by atoms with Crippen molar-refractivity contribution in [2.24, 2.45) is 11.8 Å². The fourth-order valence-corrected chi connectivity index (χ4v) is 2.98. The molecule has 118 valence electrons. The molecule has 1 aliphatic rings. The van der Waals surface area contributed by atoms with Gasteiger partial charge in [0.1, 0.15) is 0 Å². The summed E-state index contributed by atoms with van der Waals surface area (Å²) in [6.07, 6.45) is 3.61. The second-order valence-corrected chi connectivity index (χ2v) is 6.74. The minimum atomic E-state index is -0.665. The highest BCUT2D eigenvalue weighted by Gasteiger charge is 2.30. The zero-order valence-electron chi connectivity index (χ0n) is 13.6. The van der Waals surface area contributed by atoms with Crippen LogP contribution in [0.3, 0.4) is 0 Å². The number of nitrogens with one attached hydrogen (secondary N) is 1. The third-order valence-electron chi connectivity index (χ3n) is 4.40. The number of hydrogen-bond acceptors (Lipinski definition) is 3. The topological polar surface area (TPSA) is 52.6 Å². The van der Waals surface area contributed by atoms with E-state index in [0.717, 1.165) is 32.5 Å². The van der Waals surface area contributed by atoms with E-state index in [-0.39, 0.29) is 5.92 Å². The van der Waals surface area contributed by atoms with Gasteiger partial charge >= 0.3 is 5.97 Å². The number of carbonyl (C=O) groups is 1. The molecular weight excluding hydrogens is 252 g/mol. The summed E-state index contributed by atoms with van der Waals surface area (Å²) in [4.78, 5) is 13.4. The molecule has 0 amide bonds. The van der Waals surface area contributed by atoms with E-state index in [1.165, 1.54) is 6.42 Å². The Morgan fingerprint density at radius 2 is 2.05 bits per heavy atom. The normalized spacial score (nSPS) is 25.9. The fraction of sp³-hybridized carbons (Fsp3) is 0.938. The number of carboxylic acids is 1. The number of aliphatic carboxylic acids is 1. The highest BCUT2D eigenvalue weighted by molar-refractivity contribution is 5.67. The maximum atomic E-state index is 11.0. The second-order valence-electron chi connectivity index (χ2n) is 6.74. The number of piperidine rings is 1. The Balaban J connectivity index is 2.52. The van der Waals surface area contributed by atoms with E-state index in [1.807, 2.05) is 0 Å². The number of hydrogen-bond donors (Lipinski definition) is 2. The van der Waals surface area contributed by atoms with Crippen LogP contribution in [-0.4, -0.2) is 47.7 Å². The SMILES string of the molecule is CCC(C)N1CC(CC(=O)O)CC(NCCC(C)C)C1. The van der Waals surface area contributed by atoms with E-state index < -0.39 is 5.97 Å². The first-order valence-electron chi connectivity index (χ1n) is 8.11. The summed E-state index contributed by atoms with van der Waals surface area (Å²) in [6, 6.07) is 0.988. The van der Waals surface area contributed by atoms with Crippen molar-refractivity contribution >= 4 is 5.97 Å². The molecule has 1 fully saturated rings. The molecule has 0 aromatic heterocycles. The first-order valence-corrected chi connectivity index (χ1v) is 8.11. The zero-order valence-corrected chi connectivity index (χ0v) is 13.6. The van der Waals surface area contributed by atoms with Crippen LogP contribution >= 0.6 is 0 Å². The minimum Gasteiger partial charge on any atom is -0.481 e. The zero-order chi connectivity index (χ0) is 15.1. The van der Waals surface area contributed by atoms with Gasteiger partial charge in [0.15, 0.2) is 0 Å². The van der Waals surface area contributed by atoms with Crippen LogP contribution in [0.25, 0.3) is 0 Å². The molecule has 3 unspecified atom stereocenters. The Labute approximate surface area is 123 Å². The largest absolute Gasteiger partial charge is 0.481 e. The van der Waals surface area contributed by atoms with Gasteiger partial charge in [-0.25, -0.2) is 0 Å². The van der Waals surface area contributed by atoms with E-state index in [0.29, 0.717) is 24.4 Å². The van der Waals surface area contributed by atoms with Gasteiger partial charge in [0, 0.05) is 31.6 Å².